The van der Waals surface area contributed by atoms with Crippen molar-refractivity contribution in [3.8, 4) is 16.9 Å². The molecule has 0 saturated carbocycles. The van der Waals surface area contributed by atoms with Gasteiger partial charge in [-0.15, -0.1) is 0 Å². The highest BCUT2D eigenvalue weighted by Gasteiger charge is 2.14. The van der Waals surface area contributed by atoms with Gasteiger partial charge in [-0.2, -0.15) is 0 Å². The van der Waals surface area contributed by atoms with E-state index in [-0.39, 0.29) is 28.0 Å². The summed E-state index contributed by atoms with van der Waals surface area (Å²) < 4.78 is 5.79. The first-order valence-corrected chi connectivity index (χ1v) is 8.30. The fourth-order valence-electron chi connectivity index (χ4n) is 2.52. The zero-order valence-corrected chi connectivity index (χ0v) is 14.6. The molecule has 0 aliphatic rings. The van der Waals surface area contributed by atoms with E-state index in [1.807, 2.05) is 54.6 Å². The highest BCUT2D eigenvalue weighted by molar-refractivity contribution is 6.37. The summed E-state index contributed by atoms with van der Waals surface area (Å²) in [6.45, 7) is 0.261. The summed E-state index contributed by atoms with van der Waals surface area (Å²) in [5.74, 6) is -0.819. The molecule has 0 radical (unpaired) electrons. The molecule has 5 heteroatoms. The fraction of sp³-hybridized carbons (Fsp3) is 0.0500. The third-order valence-corrected chi connectivity index (χ3v) is 4.28. The number of aromatic carboxylic acids is 1. The molecule has 0 aliphatic heterocycles. The minimum atomic E-state index is -1.09. The van der Waals surface area contributed by atoms with Gasteiger partial charge in [0.25, 0.3) is 0 Å². The molecular weight excluding hydrogens is 359 g/mol. The Labute approximate surface area is 155 Å². The van der Waals surface area contributed by atoms with Crippen LogP contribution in [0, 0.1) is 0 Å². The molecule has 25 heavy (non-hydrogen) atoms. The van der Waals surface area contributed by atoms with Crippen LogP contribution in [0.1, 0.15) is 15.9 Å². The summed E-state index contributed by atoms with van der Waals surface area (Å²) in [5, 5.41) is 9.37. The third kappa shape index (κ3) is 3.95. The predicted molar refractivity (Wildman–Crippen MR) is 99.6 cm³/mol. The van der Waals surface area contributed by atoms with Crippen LogP contribution in [-0.2, 0) is 6.61 Å². The molecule has 3 rings (SSSR count). The predicted octanol–water partition coefficient (Wildman–Crippen LogP) is 5.94. The van der Waals surface area contributed by atoms with E-state index >= 15 is 0 Å². The molecule has 0 spiro atoms. The zero-order valence-electron chi connectivity index (χ0n) is 13.1. The van der Waals surface area contributed by atoms with Crippen LogP contribution in [0.5, 0.6) is 5.75 Å². The van der Waals surface area contributed by atoms with Gasteiger partial charge in [-0.05, 0) is 28.8 Å². The Balaban J connectivity index is 1.87. The van der Waals surface area contributed by atoms with Crippen molar-refractivity contribution in [2.75, 3.05) is 0 Å². The second-order valence-corrected chi connectivity index (χ2v) is 6.20. The SMILES string of the molecule is O=C(O)c1cc(Cl)c(OCc2ccccc2-c2ccccc2)c(Cl)c1. The maximum atomic E-state index is 11.0. The van der Waals surface area contributed by atoms with E-state index in [1.165, 1.54) is 12.1 Å². The van der Waals surface area contributed by atoms with Crippen molar-refractivity contribution in [3.05, 3.63) is 87.9 Å². The van der Waals surface area contributed by atoms with Crippen LogP contribution < -0.4 is 4.74 Å². The maximum Gasteiger partial charge on any atom is 0.335 e. The minimum Gasteiger partial charge on any atom is -0.486 e. The number of hydrogen-bond acceptors (Lipinski definition) is 2. The van der Waals surface area contributed by atoms with Crippen molar-refractivity contribution >= 4 is 29.2 Å². The van der Waals surface area contributed by atoms with Gasteiger partial charge in [0, 0.05) is 0 Å². The first kappa shape index (κ1) is 17.3. The van der Waals surface area contributed by atoms with Crippen LogP contribution in [0.3, 0.4) is 0 Å². The van der Waals surface area contributed by atoms with Crippen molar-refractivity contribution in [3.63, 3.8) is 0 Å². The molecule has 0 bridgehead atoms. The number of ether oxygens (including phenoxy) is 1. The third-order valence-electron chi connectivity index (χ3n) is 3.72. The summed E-state index contributed by atoms with van der Waals surface area (Å²) in [6.07, 6.45) is 0. The summed E-state index contributed by atoms with van der Waals surface area (Å²) in [4.78, 5) is 11.0. The van der Waals surface area contributed by atoms with Crippen molar-refractivity contribution < 1.29 is 14.6 Å². The molecule has 0 amide bonds. The van der Waals surface area contributed by atoms with E-state index in [0.717, 1.165) is 16.7 Å². The molecule has 3 aromatic carbocycles. The summed E-state index contributed by atoms with van der Waals surface area (Å²) in [7, 11) is 0. The second kappa shape index (κ2) is 7.60. The standard InChI is InChI=1S/C20H14Cl2O3/c21-17-10-15(20(23)24)11-18(22)19(17)25-12-14-8-4-5-9-16(14)13-6-2-1-3-7-13/h1-11H,12H2,(H,23,24). The number of benzene rings is 3. The van der Waals surface area contributed by atoms with Crippen molar-refractivity contribution in [2.45, 2.75) is 6.61 Å². The van der Waals surface area contributed by atoms with Gasteiger partial charge in [-0.3, -0.25) is 0 Å². The molecule has 0 aromatic heterocycles. The number of hydrogen-bond donors (Lipinski definition) is 1. The molecule has 0 heterocycles. The Kier molecular flexibility index (Phi) is 5.27. The van der Waals surface area contributed by atoms with Crippen LogP contribution in [-0.4, -0.2) is 11.1 Å². The average Bonchev–Trinajstić information content (AvgIpc) is 2.62. The molecule has 0 fully saturated rings. The largest absolute Gasteiger partial charge is 0.486 e. The fourth-order valence-corrected chi connectivity index (χ4v) is 3.11. The van der Waals surface area contributed by atoms with E-state index in [4.69, 9.17) is 33.0 Å². The van der Waals surface area contributed by atoms with Gasteiger partial charge in [0.15, 0.2) is 5.75 Å². The topological polar surface area (TPSA) is 46.5 Å². The van der Waals surface area contributed by atoms with Crippen molar-refractivity contribution in [1.82, 2.24) is 0 Å². The van der Waals surface area contributed by atoms with E-state index < -0.39 is 5.97 Å². The van der Waals surface area contributed by atoms with Gasteiger partial charge in [0.2, 0.25) is 0 Å². The molecular formula is C20H14Cl2O3. The van der Waals surface area contributed by atoms with E-state index in [1.54, 1.807) is 0 Å². The quantitative estimate of drug-likeness (QED) is 0.602. The molecule has 0 atom stereocenters. The summed E-state index contributed by atoms with van der Waals surface area (Å²) in [5.41, 5.74) is 3.13. The maximum absolute atomic E-state index is 11.0. The number of carboxylic acids is 1. The van der Waals surface area contributed by atoms with Crippen LogP contribution in [0.2, 0.25) is 10.0 Å². The van der Waals surface area contributed by atoms with E-state index in [2.05, 4.69) is 0 Å². The molecule has 3 aromatic rings. The second-order valence-electron chi connectivity index (χ2n) is 5.39. The summed E-state index contributed by atoms with van der Waals surface area (Å²) in [6, 6.07) is 20.5. The Morgan fingerprint density at radius 1 is 0.920 bits per heavy atom. The van der Waals surface area contributed by atoms with Gasteiger partial charge in [0.05, 0.1) is 15.6 Å². The van der Waals surface area contributed by atoms with E-state index in [9.17, 15) is 4.79 Å². The Morgan fingerprint density at radius 2 is 1.52 bits per heavy atom. The van der Waals surface area contributed by atoms with Crippen molar-refractivity contribution in [1.29, 1.82) is 0 Å². The minimum absolute atomic E-state index is 0.0204. The van der Waals surface area contributed by atoms with Crippen molar-refractivity contribution in [2.24, 2.45) is 0 Å². The Morgan fingerprint density at radius 3 is 2.16 bits per heavy atom. The molecule has 0 unspecified atom stereocenters. The van der Waals surface area contributed by atoms with Gasteiger partial charge >= 0.3 is 5.97 Å². The van der Waals surface area contributed by atoms with Gasteiger partial charge in [-0.1, -0.05) is 77.8 Å². The first-order valence-electron chi connectivity index (χ1n) is 7.54. The lowest BCUT2D eigenvalue weighted by molar-refractivity contribution is 0.0697. The summed E-state index contributed by atoms with van der Waals surface area (Å²) >= 11 is 12.3. The Bertz CT molecular complexity index is 885. The lowest BCUT2D eigenvalue weighted by Gasteiger charge is -2.14. The van der Waals surface area contributed by atoms with Gasteiger partial charge in [-0.25, -0.2) is 4.79 Å². The number of halogens is 2. The number of rotatable bonds is 5. The van der Waals surface area contributed by atoms with Gasteiger partial charge < -0.3 is 9.84 Å². The van der Waals surface area contributed by atoms with Crippen LogP contribution in [0.15, 0.2) is 66.7 Å². The van der Waals surface area contributed by atoms with E-state index in [0.29, 0.717) is 0 Å². The van der Waals surface area contributed by atoms with Crippen LogP contribution in [0.4, 0.5) is 0 Å². The van der Waals surface area contributed by atoms with Crippen LogP contribution in [0.25, 0.3) is 11.1 Å². The van der Waals surface area contributed by atoms with Crippen LogP contribution >= 0.6 is 23.2 Å². The molecule has 0 aliphatic carbocycles. The number of carbonyl (C=O) groups is 1. The average molecular weight is 373 g/mol. The normalized spacial score (nSPS) is 10.5. The molecule has 3 nitrogen and oxygen atoms in total. The zero-order chi connectivity index (χ0) is 17.8. The molecule has 0 saturated heterocycles. The molecule has 126 valence electrons. The highest BCUT2D eigenvalue weighted by Crippen LogP contribution is 2.35. The first-order chi connectivity index (χ1) is 12.1. The number of carboxylic acid groups (broad SMARTS) is 1. The smallest absolute Gasteiger partial charge is 0.335 e. The molecule has 1 N–H and O–H groups in total. The lowest BCUT2D eigenvalue weighted by Crippen LogP contribution is -2.01. The van der Waals surface area contributed by atoms with Gasteiger partial charge in [0.1, 0.15) is 6.61 Å². The lowest BCUT2D eigenvalue weighted by atomic mass is 10.0. The monoisotopic (exact) mass is 372 g/mol. The Hall–Kier alpha value is -2.49. The highest BCUT2D eigenvalue weighted by atomic mass is 35.5.